The number of phenolic OH excluding ortho intramolecular Hbond substituents is 1. The molecule has 1 rings (SSSR count). The highest BCUT2D eigenvalue weighted by Gasteiger charge is 2.28. The molecule has 1 aromatic carbocycles. The normalized spacial score (nSPS) is 13.8. The van der Waals surface area contributed by atoms with Crippen molar-refractivity contribution < 1.29 is 18.3 Å². The number of rotatable bonds is 3. The summed E-state index contributed by atoms with van der Waals surface area (Å²) in [5, 5.41) is 9.53. The third-order valence-electron chi connectivity index (χ3n) is 2.32. The Labute approximate surface area is 91.9 Å². The van der Waals surface area contributed by atoms with E-state index in [0.717, 1.165) is 5.56 Å². The molecule has 0 radical (unpaired) electrons. The molecule has 0 saturated heterocycles. The summed E-state index contributed by atoms with van der Waals surface area (Å²) in [6.45, 7) is 1.78. The average molecular weight is 233 g/mol. The Morgan fingerprint density at radius 2 is 2.00 bits per heavy atom. The molecule has 0 aliphatic rings. The number of aryl methyl sites for hydroxylation is 1. The molecule has 3 N–H and O–H groups in total. The van der Waals surface area contributed by atoms with Crippen LogP contribution >= 0.6 is 0 Å². The molecule has 0 aromatic heterocycles. The lowest BCUT2D eigenvalue weighted by molar-refractivity contribution is -0.136. The number of phenols is 1. The van der Waals surface area contributed by atoms with Crippen molar-refractivity contribution >= 4 is 0 Å². The fourth-order valence-corrected chi connectivity index (χ4v) is 1.44. The van der Waals surface area contributed by atoms with Gasteiger partial charge in [0, 0.05) is 18.0 Å². The Morgan fingerprint density at radius 1 is 1.38 bits per heavy atom. The standard InChI is InChI=1S/C11H14F3NO/c1-7-2-3-8(10(16)6-7)9(15)4-5-11(12,13)14/h2-3,6,9,16H,4-5,15H2,1H3/t9-/m1/s1. The van der Waals surface area contributed by atoms with Gasteiger partial charge in [-0.1, -0.05) is 12.1 Å². The van der Waals surface area contributed by atoms with E-state index < -0.39 is 18.6 Å². The Hall–Kier alpha value is -1.23. The van der Waals surface area contributed by atoms with E-state index in [1.54, 1.807) is 19.1 Å². The third-order valence-corrected chi connectivity index (χ3v) is 2.32. The second-order valence-corrected chi connectivity index (χ2v) is 3.82. The first kappa shape index (κ1) is 12.8. The molecule has 1 aromatic rings. The van der Waals surface area contributed by atoms with Crippen molar-refractivity contribution in [2.24, 2.45) is 5.73 Å². The van der Waals surface area contributed by atoms with E-state index in [9.17, 15) is 18.3 Å². The van der Waals surface area contributed by atoms with Crippen molar-refractivity contribution in [3.8, 4) is 5.75 Å². The van der Waals surface area contributed by atoms with Crippen LogP contribution in [0.3, 0.4) is 0 Å². The number of hydrogen-bond donors (Lipinski definition) is 2. The maximum Gasteiger partial charge on any atom is 0.389 e. The first-order valence-electron chi connectivity index (χ1n) is 4.91. The molecular formula is C11H14F3NO. The largest absolute Gasteiger partial charge is 0.508 e. The molecular weight excluding hydrogens is 219 g/mol. The van der Waals surface area contributed by atoms with Crippen molar-refractivity contribution in [2.75, 3.05) is 0 Å². The molecule has 0 aliphatic heterocycles. The Balaban J connectivity index is 2.70. The van der Waals surface area contributed by atoms with E-state index in [-0.39, 0.29) is 12.2 Å². The summed E-state index contributed by atoms with van der Waals surface area (Å²) in [5.41, 5.74) is 6.79. The zero-order valence-corrected chi connectivity index (χ0v) is 8.88. The van der Waals surface area contributed by atoms with Gasteiger partial charge in [-0.05, 0) is 25.0 Å². The minimum atomic E-state index is -4.21. The van der Waals surface area contributed by atoms with Crippen LogP contribution in [0.2, 0.25) is 0 Å². The van der Waals surface area contributed by atoms with Gasteiger partial charge in [0.1, 0.15) is 5.75 Å². The van der Waals surface area contributed by atoms with E-state index in [1.807, 2.05) is 0 Å². The number of halogens is 3. The number of benzene rings is 1. The van der Waals surface area contributed by atoms with E-state index >= 15 is 0 Å². The molecule has 5 heteroatoms. The van der Waals surface area contributed by atoms with E-state index in [4.69, 9.17) is 5.73 Å². The minimum absolute atomic E-state index is 0.0466. The lowest BCUT2D eigenvalue weighted by Crippen LogP contribution is -2.15. The van der Waals surface area contributed by atoms with Crippen LogP contribution in [0.1, 0.15) is 30.0 Å². The van der Waals surface area contributed by atoms with Gasteiger partial charge in [-0.15, -0.1) is 0 Å². The lowest BCUT2D eigenvalue weighted by atomic mass is 10.0. The van der Waals surface area contributed by atoms with Crippen molar-refractivity contribution in [3.63, 3.8) is 0 Å². The predicted molar refractivity (Wildman–Crippen MR) is 55.1 cm³/mol. The highest BCUT2D eigenvalue weighted by Crippen LogP contribution is 2.30. The first-order chi connectivity index (χ1) is 7.29. The SMILES string of the molecule is Cc1ccc([C@H](N)CCC(F)(F)F)c(O)c1. The molecule has 0 aliphatic carbocycles. The van der Waals surface area contributed by atoms with Crippen LogP contribution in [-0.4, -0.2) is 11.3 Å². The third kappa shape index (κ3) is 3.73. The van der Waals surface area contributed by atoms with Gasteiger partial charge in [0.25, 0.3) is 0 Å². The van der Waals surface area contributed by atoms with Gasteiger partial charge in [0.2, 0.25) is 0 Å². The number of alkyl halides is 3. The van der Waals surface area contributed by atoms with Crippen molar-refractivity contribution in [2.45, 2.75) is 32.0 Å². The maximum atomic E-state index is 12.0. The second kappa shape index (κ2) is 4.74. The zero-order chi connectivity index (χ0) is 12.3. The van der Waals surface area contributed by atoms with Gasteiger partial charge in [-0.2, -0.15) is 13.2 Å². The van der Waals surface area contributed by atoms with Crippen molar-refractivity contribution in [1.29, 1.82) is 0 Å². The fourth-order valence-electron chi connectivity index (χ4n) is 1.44. The van der Waals surface area contributed by atoms with Gasteiger partial charge in [0.15, 0.2) is 0 Å². The summed E-state index contributed by atoms with van der Waals surface area (Å²) < 4.78 is 35.9. The van der Waals surface area contributed by atoms with Gasteiger partial charge in [-0.3, -0.25) is 0 Å². The Bertz CT molecular complexity index is 363. The predicted octanol–water partition coefficient (Wildman–Crippen LogP) is 3.04. The van der Waals surface area contributed by atoms with Gasteiger partial charge < -0.3 is 10.8 Å². The number of aromatic hydroxyl groups is 1. The zero-order valence-electron chi connectivity index (χ0n) is 8.88. The van der Waals surface area contributed by atoms with Crippen LogP contribution in [0, 0.1) is 6.92 Å². The Morgan fingerprint density at radius 3 is 2.50 bits per heavy atom. The number of hydrogen-bond acceptors (Lipinski definition) is 2. The van der Waals surface area contributed by atoms with Crippen molar-refractivity contribution in [3.05, 3.63) is 29.3 Å². The van der Waals surface area contributed by atoms with Crippen molar-refractivity contribution in [1.82, 2.24) is 0 Å². The van der Waals surface area contributed by atoms with Crippen LogP contribution in [0.25, 0.3) is 0 Å². The summed E-state index contributed by atoms with van der Waals surface area (Å²) >= 11 is 0. The highest BCUT2D eigenvalue weighted by molar-refractivity contribution is 5.37. The molecule has 0 fully saturated rings. The molecule has 16 heavy (non-hydrogen) atoms. The number of nitrogens with two attached hydrogens (primary N) is 1. The van der Waals surface area contributed by atoms with Crippen LogP contribution in [0.4, 0.5) is 13.2 Å². The maximum absolute atomic E-state index is 12.0. The summed E-state index contributed by atoms with van der Waals surface area (Å²) in [4.78, 5) is 0. The van der Waals surface area contributed by atoms with Crippen LogP contribution in [0.15, 0.2) is 18.2 Å². The molecule has 2 nitrogen and oxygen atoms in total. The fraction of sp³-hybridized carbons (Fsp3) is 0.455. The van der Waals surface area contributed by atoms with Crippen LogP contribution in [-0.2, 0) is 0 Å². The molecule has 0 spiro atoms. The summed E-state index contributed by atoms with van der Waals surface area (Å²) in [5.74, 6) is -0.0466. The van der Waals surface area contributed by atoms with Gasteiger partial charge in [0.05, 0.1) is 0 Å². The quantitative estimate of drug-likeness (QED) is 0.842. The molecule has 0 heterocycles. The lowest BCUT2D eigenvalue weighted by Gasteiger charge is -2.15. The van der Waals surface area contributed by atoms with Gasteiger partial charge in [-0.25, -0.2) is 0 Å². The van der Waals surface area contributed by atoms with E-state index in [0.29, 0.717) is 5.56 Å². The monoisotopic (exact) mass is 233 g/mol. The summed E-state index contributed by atoms with van der Waals surface area (Å²) in [7, 11) is 0. The Kier molecular flexibility index (Phi) is 3.80. The van der Waals surface area contributed by atoms with Crippen LogP contribution in [0.5, 0.6) is 5.75 Å². The smallest absolute Gasteiger partial charge is 0.389 e. The molecule has 0 bridgehead atoms. The molecule has 0 unspecified atom stereocenters. The topological polar surface area (TPSA) is 46.2 Å². The van der Waals surface area contributed by atoms with E-state index in [2.05, 4.69) is 0 Å². The molecule has 90 valence electrons. The summed E-state index contributed by atoms with van der Waals surface area (Å²) in [6.07, 6.45) is -5.38. The molecule has 1 atom stereocenters. The van der Waals surface area contributed by atoms with Gasteiger partial charge >= 0.3 is 6.18 Å². The minimum Gasteiger partial charge on any atom is -0.508 e. The molecule has 0 amide bonds. The highest BCUT2D eigenvalue weighted by atomic mass is 19.4. The summed E-state index contributed by atoms with van der Waals surface area (Å²) in [6, 6.07) is 3.97. The second-order valence-electron chi connectivity index (χ2n) is 3.82. The van der Waals surface area contributed by atoms with E-state index in [1.165, 1.54) is 6.07 Å². The first-order valence-corrected chi connectivity index (χ1v) is 4.91. The average Bonchev–Trinajstić information content (AvgIpc) is 2.13. The van der Waals surface area contributed by atoms with Crippen LogP contribution < -0.4 is 5.73 Å². The molecule has 0 saturated carbocycles.